The normalized spacial score (nSPS) is 21.9. The summed E-state index contributed by atoms with van der Waals surface area (Å²) in [4.78, 5) is 14.4. The maximum absolute atomic E-state index is 12.4. The van der Waals surface area contributed by atoms with Crippen LogP contribution in [0.2, 0.25) is 0 Å². The monoisotopic (exact) mass is 316 g/mol. The number of ether oxygens (including phenoxy) is 1. The van der Waals surface area contributed by atoms with Gasteiger partial charge in [0.25, 0.3) is 5.91 Å². The Balaban J connectivity index is 1.45. The zero-order valence-electron chi connectivity index (χ0n) is 13.9. The first-order valence-electron chi connectivity index (χ1n) is 9.08. The van der Waals surface area contributed by atoms with Gasteiger partial charge in [-0.2, -0.15) is 0 Å². The molecule has 4 heteroatoms. The van der Waals surface area contributed by atoms with Crippen molar-refractivity contribution in [2.75, 3.05) is 26.2 Å². The van der Waals surface area contributed by atoms with Crippen molar-refractivity contribution >= 4 is 5.91 Å². The Morgan fingerprint density at radius 1 is 1.09 bits per heavy atom. The highest BCUT2D eigenvalue weighted by atomic mass is 16.5. The summed E-state index contributed by atoms with van der Waals surface area (Å²) in [6, 6.07) is 8.23. The van der Waals surface area contributed by atoms with E-state index in [4.69, 9.17) is 4.74 Å². The molecule has 0 aliphatic carbocycles. The van der Waals surface area contributed by atoms with Gasteiger partial charge in [-0.15, -0.1) is 0 Å². The van der Waals surface area contributed by atoms with Crippen LogP contribution < -0.4 is 10.1 Å². The smallest absolute Gasteiger partial charge is 0.253 e. The zero-order valence-corrected chi connectivity index (χ0v) is 13.9. The van der Waals surface area contributed by atoms with Crippen LogP contribution in [0.1, 0.15) is 55.3 Å². The van der Waals surface area contributed by atoms with Crippen molar-refractivity contribution in [2.45, 2.75) is 51.0 Å². The lowest BCUT2D eigenvalue weighted by Crippen LogP contribution is -2.35. The largest absolute Gasteiger partial charge is 0.494 e. The molecule has 1 N–H and O–H groups in total. The van der Waals surface area contributed by atoms with E-state index in [-0.39, 0.29) is 5.91 Å². The van der Waals surface area contributed by atoms with Gasteiger partial charge in [0.15, 0.2) is 0 Å². The molecule has 0 aromatic heterocycles. The third-order valence-corrected chi connectivity index (χ3v) is 4.89. The number of amides is 1. The van der Waals surface area contributed by atoms with Crippen LogP contribution in [0, 0.1) is 0 Å². The first-order valence-corrected chi connectivity index (χ1v) is 9.08. The highest BCUT2D eigenvalue weighted by Gasteiger charge is 2.18. The van der Waals surface area contributed by atoms with Crippen LogP contribution in [0.4, 0.5) is 0 Å². The standard InChI is InChI=1S/C19H28N2O2/c22-19(21-13-4-1-5-14-21)16-7-9-18(10-8-16)23-15-11-17-6-2-3-12-20-17/h7-10,17,20H,1-6,11-15H2. The second-order valence-electron chi connectivity index (χ2n) is 6.66. The number of nitrogens with one attached hydrogen (secondary N) is 1. The van der Waals surface area contributed by atoms with Crippen LogP contribution in [0.5, 0.6) is 5.75 Å². The minimum Gasteiger partial charge on any atom is -0.494 e. The van der Waals surface area contributed by atoms with E-state index in [1.165, 1.54) is 25.7 Å². The van der Waals surface area contributed by atoms with E-state index in [9.17, 15) is 4.79 Å². The fraction of sp³-hybridized carbons (Fsp3) is 0.632. The van der Waals surface area contributed by atoms with Crippen molar-refractivity contribution in [2.24, 2.45) is 0 Å². The first kappa shape index (κ1) is 16.3. The van der Waals surface area contributed by atoms with E-state index >= 15 is 0 Å². The molecule has 1 atom stereocenters. The SMILES string of the molecule is O=C(c1ccc(OCCC2CCCCN2)cc1)N1CCCCC1. The topological polar surface area (TPSA) is 41.6 Å². The van der Waals surface area contributed by atoms with Gasteiger partial charge in [0.05, 0.1) is 6.61 Å². The van der Waals surface area contributed by atoms with Crippen molar-refractivity contribution in [1.82, 2.24) is 10.2 Å². The number of benzene rings is 1. The van der Waals surface area contributed by atoms with Crippen LogP contribution in [0.3, 0.4) is 0 Å². The molecule has 0 saturated carbocycles. The van der Waals surface area contributed by atoms with Crippen molar-refractivity contribution in [3.63, 3.8) is 0 Å². The molecule has 2 heterocycles. The average molecular weight is 316 g/mol. The number of likely N-dealkylation sites (tertiary alicyclic amines) is 1. The van der Waals surface area contributed by atoms with Gasteiger partial charge in [0, 0.05) is 24.7 Å². The number of nitrogens with zero attached hydrogens (tertiary/aromatic N) is 1. The van der Waals surface area contributed by atoms with Gasteiger partial charge in [-0.1, -0.05) is 6.42 Å². The maximum atomic E-state index is 12.4. The predicted molar refractivity (Wildman–Crippen MR) is 92.0 cm³/mol. The molecule has 1 aromatic carbocycles. The lowest BCUT2D eigenvalue weighted by atomic mass is 10.0. The number of piperidine rings is 2. The lowest BCUT2D eigenvalue weighted by molar-refractivity contribution is 0.0724. The van der Waals surface area contributed by atoms with Crippen molar-refractivity contribution in [3.8, 4) is 5.75 Å². The van der Waals surface area contributed by atoms with Crippen molar-refractivity contribution in [3.05, 3.63) is 29.8 Å². The lowest BCUT2D eigenvalue weighted by Gasteiger charge is -2.26. The van der Waals surface area contributed by atoms with E-state index in [2.05, 4.69) is 5.32 Å². The van der Waals surface area contributed by atoms with Gasteiger partial charge >= 0.3 is 0 Å². The summed E-state index contributed by atoms with van der Waals surface area (Å²) >= 11 is 0. The molecule has 2 fully saturated rings. The summed E-state index contributed by atoms with van der Waals surface area (Å²) in [5.41, 5.74) is 0.771. The van der Waals surface area contributed by atoms with Crippen molar-refractivity contribution < 1.29 is 9.53 Å². The van der Waals surface area contributed by atoms with Gasteiger partial charge in [0.1, 0.15) is 5.75 Å². The molecule has 0 bridgehead atoms. The van der Waals surface area contributed by atoms with Crippen LogP contribution in [-0.4, -0.2) is 43.1 Å². The van der Waals surface area contributed by atoms with Crippen LogP contribution in [0.15, 0.2) is 24.3 Å². The summed E-state index contributed by atoms with van der Waals surface area (Å²) in [6.07, 6.45) is 8.42. The minimum absolute atomic E-state index is 0.155. The van der Waals surface area contributed by atoms with Gasteiger partial charge in [-0.05, 0) is 69.3 Å². The van der Waals surface area contributed by atoms with Crippen molar-refractivity contribution in [1.29, 1.82) is 0 Å². The molecule has 126 valence electrons. The second kappa shape index (κ2) is 8.34. The first-order chi connectivity index (χ1) is 11.3. The van der Waals surface area contributed by atoms with Gasteiger partial charge in [0.2, 0.25) is 0 Å². The summed E-state index contributed by atoms with van der Waals surface area (Å²) in [5, 5.41) is 3.54. The van der Waals surface area contributed by atoms with Gasteiger partial charge in [-0.3, -0.25) is 4.79 Å². The molecule has 4 nitrogen and oxygen atoms in total. The Morgan fingerprint density at radius 2 is 1.87 bits per heavy atom. The van der Waals surface area contributed by atoms with Crippen LogP contribution in [0.25, 0.3) is 0 Å². The van der Waals surface area contributed by atoms with E-state index in [1.807, 2.05) is 29.2 Å². The molecule has 0 spiro atoms. The quantitative estimate of drug-likeness (QED) is 0.907. The van der Waals surface area contributed by atoms with Crippen LogP contribution >= 0.6 is 0 Å². The summed E-state index contributed by atoms with van der Waals surface area (Å²) in [5.74, 6) is 1.01. The number of hydrogen-bond acceptors (Lipinski definition) is 3. The number of hydrogen-bond donors (Lipinski definition) is 1. The molecule has 0 radical (unpaired) electrons. The predicted octanol–water partition coefficient (Wildman–Crippen LogP) is 3.22. The van der Waals surface area contributed by atoms with E-state index < -0.39 is 0 Å². The van der Waals surface area contributed by atoms with E-state index in [1.54, 1.807) is 0 Å². The molecule has 1 unspecified atom stereocenters. The fourth-order valence-electron chi connectivity index (χ4n) is 3.46. The summed E-state index contributed by atoms with van der Waals surface area (Å²) in [6.45, 7) is 3.66. The third kappa shape index (κ3) is 4.71. The fourth-order valence-corrected chi connectivity index (χ4v) is 3.46. The molecule has 3 rings (SSSR count). The van der Waals surface area contributed by atoms with Crippen LogP contribution in [-0.2, 0) is 0 Å². The molecule has 1 aromatic rings. The third-order valence-electron chi connectivity index (χ3n) is 4.89. The highest BCUT2D eigenvalue weighted by Crippen LogP contribution is 2.17. The zero-order chi connectivity index (χ0) is 15.9. The molecule has 2 saturated heterocycles. The Labute approximate surface area is 139 Å². The summed E-state index contributed by atoms with van der Waals surface area (Å²) < 4.78 is 5.82. The summed E-state index contributed by atoms with van der Waals surface area (Å²) in [7, 11) is 0. The molecular formula is C19H28N2O2. The van der Waals surface area contributed by atoms with E-state index in [0.29, 0.717) is 6.04 Å². The van der Waals surface area contributed by atoms with E-state index in [0.717, 1.165) is 56.8 Å². The molecule has 2 aliphatic heterocycles. The molecular weight excluding hydrogens is 288 g/mol. The number of carbonyl (C=O) groups is 1. The Kier molecular flexibility index (Phi) is 5.92. The second-order valence-corrected chi connectivity index (χ2v) is 6.66. The number of carbonyl (C=O) groups excluding carboxylic acids is 1. The maximum Gasteiger partial charge on any atom is 0.253 e. The Hall–Kier alpha value is -1.55. The Morgan fingerprint density at radius 3 is 2.57 bits per heavy atom. The molecule has 2 aliphatic rings. The van der Waals surface area contributed by atoms with Gasteiger partial charge < -0.3 is 15.0 Å². The number of rotatable bonds is 5. The molecule has 23 heavy (non-hydrogen) atoms. The minimum atomic E-state index is 0.155. The van der Waals surface area contributed by atoms with Gasteiger partial charge in [-0.25, -0.2) is 0 Å². The Bertz CT molecular complexity index is 489. The highest BCUT2D eigenvalue weighted by molar-refractivity contribution is 5.94. The average Bonchev–Trinajstić information content (AvgIpc) is 2.63. The molecule has 1 amide bonds.